The number of hydrogen-bond acceptors (Lipinski definition) is 1. The minimum Gasteiger partial charge on any atom is -0.338 e. The maximum absolute atomic E-state index is 12.4. The highest BCUT2D eigenvalue weighted by Crippen LogP contribution is 2.69. The van der Waals surface area contributed by atoms with E-state index in [-0.39, 0.29) is 11.3 Å². The van der Waals surface area contributed by atoms with Gasteiger partial charge in [-0.2, -0.15) is 0 Å². The van der Waals surface area contributed by atoms with Crippen LogP contribution in [-0.4, -0.2) is 23.9 Å². The standard InChI is InChI=1S/C24H39NO/c1-6-7-12-23(3)16-19-24(4,15-11-20(26)25(19)5)18-10-14-22(2)13-8-9-17(22)21(18)23/h11,15,17-19,21H,6-10,12-14,16H2,1-5H3/t17-,18+,19?,21-,22-,23?,24+/m0/s1. The van der Waals surface area contributed by atoms with E-state index in [1.165, 1.54) is 57.8 Å². The molecular weight excluding hydrogens is 318 g/mol. The highest BCUT2D eigenvalue weighted by atomic mass is 16.2. The van der Waals surface area contributed by atoms with E-state index in [1.807, 2.05) is 6.08 Å². The Hall–Kier alpha value is -0.790. The third kappa shape index (κ3) is 2.46. The number of hydrogen-bond donors (Lipinski definition) is 0. The first-order chi connectivity index (χ1) is 12.3. The van der Waals surface area contributed by atoms with Crippen molar-refractivity contribution >= 4 is 5.91 Å². The lowest BCUT2D eigenvalue weighted by atomic mass is 9.41. The van der Waals surface area contributed by atoms with Crippen molar-refractivity contribution in [3.8, 4) is 0 Å². The van der Waals surface area contributed by atoms with E-state index < -0.39 is 0 Å². The van der Waals surface area contributed by atoms with Gasteiger partial charge >= 0.3 is 0 Å². The van der Waals surface area contributed by atoms with Crippen LogP contribution in [0.5, 0.6) is 0 Å². The average Bonchev–Trinajstić information content (AvgIpc) is 3.00. The summed E-state index contributed by atoms with van der Waals surface area (Å²) in [6, 6.07) is 0.383. The van der Waals surface area contributed by atoms with Gasteiger partial charge in [-0.05, 0) is 73.2 Å². The lowest BCUT2D eigenvalue weighted by Crippen LogP contribution is -2.64. The summed E-state index contributed by atoms with van der Waals surface area (Å²) in [5, 5.41) is 0. The van der Waals surface area contributed by atoms with Crippen LogP contribution in [0.3, 0.4) is 0 Å². The fraction of sp³-hybridized carbons (Fsp3) is 0.875. The lowest BCUT2D eigenvalue weighted by molar-refractivity contribution is -0.161. The topological polar surface area (TPSA) is 20.3 Å². The molecule has 4 rings (SSSR count). The Bertz CT molecular complexity index is 611. The van der Waals surface area contributed by atoms with Crippen molar-refractivity contribution in [2.24, 2.45) is 34.0 Å². The quantitative estimate of drug-likeness (QED) is 0.623. The van der Waals surface area contributed by atoms with Crippen molar-refractivity contribution in [3.63, 3.8) is 0 Å². The largest absolute Gasteiger partial charge is 0.338 e. The number of amides is 1. The predicted octanol–water partition coefficient (Wildman–Crippen LogP) is 5.82. The zero-order chi connectivity index (χ0) is 18.7. The summed E-state index contributed by atoms with van der Waals surface area (Å²) < 4.78 is 0. The first kappa shape index (κ1) is 18.6. The molecule has 26 heavy (non-hydrogen) atoms. The van der Waals surface area contributed by atoms with Gasteiger partial charge in [0.2, 0.25) is 5.91 Å². The van der Waals surface area contributed by atoms with Gasteiger partial charge in [0.05, 0.1) is 0 Å². The summed E-state index contributed by atoms with van der Waals surface area (Å²) in [5.74, 6) is 2.69. The van der Waals surface area contributed by atoms with E-state index in [2.05, 4.69) is 45.7 Å². The Morgan fingerprint density at radius 3 is 2.65 bits per heavy atom. The fourth-order valence-corrected chi connectivity index (χ4v) is 8.00. The summed E-state index contributed by atoms with van der Waals surface area (Å²) in [6.45, 7) is 10.0. The van der Waals surface area contributed by atoms with Crippen molar-refractivity contribution < 1.29 is 4.79 Å². The van der Waals surface area contributed by atoms with E-state index in [0.717, 1.165) is 17.8 Å². The van der Waals surface area contributed by atoms with Gasteiger partial charge in [-0.3, -0.25) is 4.79 Å². The number of rotatable bonds is 3. The molecule has 3 aliphatic carbocycles. The Morgan fingerprint density at radius 1 is 1.15 bits per heavy atom. The van der Waals surface area contributed by atoms with Crippen LogP contribution in [0.15, 0.2) is 12.2 Å². The normalized spacial score (nSPS) is 50.3. The van der Waals surface area contributed by atoms with Crippen LogP contribution in [0, 0.1) is 34.0 Å². The van der Waals surface area contributed by atoms with Crippen LogP contribution in [0.25, 0.3) is 0 Å². The molecule has 2 nitrogen and oxygen atoms in total. The molecule has 2 heteroatoms. The van der Waals surface area contributed by atoms with Crippen LogP contribution in [-0.2, 0) is 4.79 Å². The van der Waals surface area contributed by atoms with Gasteiger partial charge in [0.1, 0.15) is 0 Å². The number of carbonyl (C=O) groups excluding carboxylic acids is 1. The molecule has 3 fully saturated rings. The summed E-state index contributed by atoms with van der Waals surface area (Å²) in [6.07, 6.45) is 16.4. The third-order valence-corrected chi connectivity index (χ3v) is 9.53. The number of unbranched alkanes of at least 4 members (excludes halogenated alkanes) is 1. The molecule has 3 saturated carbocycles. The second-order valence-corrected chi connectivity index (χ2v) is 10.9. The van der Waals surface area contributed by atoms with Crippen LogP contribution in [0.2, 0.25) is 0 Å². The molecular formula is C24H39NO. The minimum absolute atomic E-state index is 0.170. The van der Waals surface area contributed by atoms with Gasteiger partial charge in [0, 0.05) is 18.5 Å². The molecule has 1 amide bonds. The highest BCUT2D eigenvalue weighted by Gasteiger charge is 2.63. The molecule has 1 aliphatic heterocycles. The average molecular weight is 358 g/mol. The molecule has 0 aromatic rings. The van der Waals surface area contributed by atoms with Gasteiger partial charge in [-0.25, -0.2) is 0 Å². The maximum Gasteiger partial charge on any atom is 0.246 e. The zero-order valence-corrected chi connectivity index (χ0v) is 17.7. The van der Waals surface area contributed by atoms with E-state index in [0.29, 0.717) is 16.9 Å². The number of fused-ring (bicyclic) bond motifs is 5. The first-order valence-corrected chi connectivity index (χ1v) is 11.2. The second-order valence-electron chi connectivity index (χ2n) is 10.9. The molecule has 2 unspecified atom stereocenters. The third-order valence-electron chi connectivity index (χ3n) is 9.53. The summed E-state index contributed by atoms with van der Waals surface area (Å²) >= 11 is 0. The highest BCUT2D eigenvalue weighted by molar-refractivity contribution is 5.89. The van der Waals surface area contributed by atoms with Gasteiger partial charge in [-0.15, -0.1) is 0 Å². The lowest BCUT2D eigenvalue weighted by Gasteiger charge is -2.65. The van der Waals surface area contributed by atoms with E-state index in [9.17, 15) is 4.79 Å². The van der Waals surface area contributed by atoms with Crippen LogP contribution in [0.1, 0.15) is 85.5 Å². The van der Waals surface area contributed by atoms with Crippen molar-refractivity contribution in [1.82, 2.24) is 4.90 Å². The van der Waals surface area contributed by atoms with E-state index >= 15 is 0 Å². The molecule has 4 aliphatic rings. The smallest absolute Gasteiger partial charge is 0.246 e. The van der Waals surface area contributed by atoms with Gasteiger partial charge in [-0.1, -0.05) is 53.0 Å². The Morgan fingerprint density at radius 2 is 1.92 bits per heavy atom. The molecule has 0 saturated heterocycles. The van der Waals surface area contributed by atoms with Crippen LogP contribution in [0.4, 0.5) is 0 Å². The first-order valence-electron chi connectivity index (χ1n) is 11.2. The molecule has 0 N–H and O–H groups in total. The zero-order valence-electron chi connectivity index (χ0n) is 17.7. The van der Waals surface area contributed by atoms with Gasteiger partial charge in [0.25, 0.3) is 0 Å². The molecule has 0 bridgehead atoms. The monoisotopic (exact) mass is 357 g/mol. The van der Waals surface area contributed by atoms with Crippen molar-refractivity contribution in [3.05, 3.63) is 12.2 Å². The second kappa shape index (κ2) is 6.11. The Balaban J connectivity index is 1.79. The van der Waals surface area contributed by atoms with Crippen molar-refractivity contribution in [2.45, 2.75) is 91.5 Å². The molecule has 0 radical (unpaired) electrons. The number of carbonyl (C=O) groups is 1. The SMILES string of the molecule is CCCCC1(C)CC2N(C)C(=O)C=C[C@]2(C)[C@@H]2CC[C@]3(C)CCC[C@H]3[C@@H]21. The van der Waals surface area contributed by atoms with Crippen molar-refractivity contribution in [2.75, 3.05) is 7.05 Å². The number of nitrogens with zero attached hydrogens (tertiary/aromatic N) is 1. The molecule has 0 aromatic heterocycles. The Labute approximate surface area is 160 Å². The minimum atomic E-state index is 0.170. The van der Waals surface area contributed by atoms with Crippen molar-refractivity contribution in [1.29, 1.82) is 0 Å². The fourth-order valence-electron chi connectivity index (χ4n) is 8.00. The summed E-state index contributed by atoms with van der Waals surface area (Å²) in [7, 11) is 2.05. The van der Waals surface area contributed by atoms with Gasteiger partial charge in [0.15, 0.2) is 0 Å². The number of likely N-dealkylation sites (N-methyl/N-ethyl adjacent to an activating group) is 1. The Kier molecular flexibility index (Phi) is 4.36. The molecule has 146 valence electrons. The predicted molar refractivity (Wildman–Crippen MR) is 108 cm³/mol. The van der Waals surface area contributed by atoms with Crippen LogP contribution < -0.4 is 0 Å². The maximum atomic E-state index is 12.4. The van der Waals surface area contributed by atoms with Crippen LogP contribution >= 0.6 is 0 Å². The van der Waals surface area contributed by atoms with E-state index in [1.54, 1.807) is 0 Å². The van der Waals surface area contributed by atoms with Gasteiger partial charge < -0.3 is 4.90 Å². The molecule has 1 heterocycles. The molecule has 0 aromatic carbocycles. The summed E-state index contributed by atoms with van der Waals surface area (Å²) in [5.41, 5.74) is 1.14. The van der Waals surface area contributed by atoms with E-state index in [4.69, 9.17) is 0 Å². The summed E-state index contributed by atoms with van der Waals surface area (Å²) in [4.78, 5) is 14.5. The molecule has 0 spiro atoms. The molecule has 7 atom stereocenters.